The minimum absolute atomic E-state index is 0.465. The number of nitrogens with zero attached hydrogens (tertiary/aromatic N) is 1. The Kier molecular flexibility index (Phi) is 6.34. The first kappa shape index (κ1) is 15.6. The van der Waals surface area contributed by atoms with Gasteiger partial charge in [-0.25, -0.2) is 0 Å². The summed E-state index contributed by atoms with van der Waals surface area (Å²) in [5.74, 6) is 2.32. The molecule has 5 heteroatoms. The van der Waals surface area contributed by atoms with Crippen LogP contribution in [0.3, 0.4) is 0 Å². The van der Waals surface area contributed by atoms with Crippen LogP contribution in [-0.2, 0) is 4.74 Å². The summed E-state index contributed by atoms with van der Waals surface area (Å²) in [6, 6.07) is 8.28. The molecular formula is C16H25N3O2. The molecule has 1 aliphatic rings. The van der Waals surface area contributed by atoms with E-state index in [4.69, 9.17) is 9.47 Å². The first-order chi connectivity index (χ1) is 10.3. The van der Waals surface area contributed by atoms with Crippen LogP contribution in [0.25, 0.3) is 0 Å². The third-order valence-electron chi connectivity index (χ3n) is 3.64. The van der Waals surface area contributed by atoms with E-state index < -0.39 is 0 Å². The topological polar surface area (TPSA) is 54.9 Å². The highest BCUT2D eigenvalue weighted by Gasteiger charge is 2.20. The Hall–Kier alpha value is -1.75. The van der Waals surface area contributed by atoms with Gasteiger partial charge in [0.25, 0.3) is 0 Å². The number of fused-ring (bicyclic) bond motifs is 1. The van der Waals surface area contributed by atoms with Crippen molar-refractivity contribution in [3.05, 3.63) is 29.8 Å². The third-order valence-corrected chi connectivity index (χ3v) is 3.64. The molecule has 116 valence electrons. The quantitative estimate of drug-likeness (QED) is 0.476. The summed E-state index contributed by atoms with van der Waals surface area (Å²) < 4.78 is 10.7. The molecule has 1 unspecified atom stereocenters. The second-order valence-electron chi connectivity index (χ2n) is 5.10. The molecule has 0 aliphatic carbocycles. The summed E-state index contributed by atoms with van der Waals surface area (Å²) in [6.45, 7) is 3.27. The van der Waals surface area contributed by atoms with Crippen LogP contribution < -0.4 is 15.4 Å². The summed E-state index contributed by atoms with van der Waals surface area (Å²) in [4.78, 5) is 4.25. The van der Waals surface area contributed by atoms with Gasteiger partial charge in [0.1, 0.15) is 5.75 Å². The highest BCUT2D eigenvalue weighted by Crippen LogP contribution is 2.32. The van der Waals surface area contributed by atoms with Crippen LogP contribution in [0.15, 0.2) is 29.3 Å². The molecule has 0 saturated carbocycles. The molecule has 1 aromatic rings. The van der Waals surface area contributed by atoms with Crippen molar-refractivity contribution >= 4 is 5.96 Å². The molecule has 0 bridgehead atoms. The van der Waals surface area contributed by atoms with Crippen molar-refractivity contribution in [1.29, 1.82) is 0 Å². The smallest absolute Gasteiger partial charge is 0.190 e. The number of hydrogen-bond acceptors (Lipinski definition) is 3. The van der Waals surface area contributed by atoms with Crippen LogP contribution in [0, 0.1) is 0 Å². The molecule has 2 N–H and O–H groups in total. The summed E-state index contributed by atoms with van der Waals surface area (Å²) in [6.07, 6.45) is 2.00. The maximum atomic E-state index is 5.69. The van der Waals surface area contributed by atoms with Crippen molar-refractivity contribution in [3.8, 4) is 5.75 Å². The van der Waals surface area contributed by atoms with Gasteiger partial charge in [-0.2, -0.15) is 0 Å². The maximum absolute atomic E-state index is 5.69. The first-order valence-corrected chi connectivity index (χ1v) is 7.50. The van der Waals surface area contributed by atoms with Gasteiger partial charge in [-0.1, -0.05) is 18.2 Å². The molecule has 0 aromatic heterocycles. The van der Waals surface area contributed by atoms with Crippen LogP contribution in [0.5, 0.6) is 5.75 Å². The monoisotopic (exact) mass is 291 g/mol. The van der Waals surface area contributed by atoms with Gasteiger partial charge < -0.3 is 20.1 Å². The highest BCUT2D eigenvalue weighted by atomic mass is 16.5. The van der Waals surface area contributed by atoms with Gasteiger partial charge in [0.2, 0.25) is 0 Å². The first-order valence-electron chi connectivity index (χ1n) is 7.50. The minimum Gasteiger partial charge on any atom is -0.493 e. The number of ether oxygens (including phenoxy) is 2. The van der Waals surface area contributed by atoms with E-state index >= 15 is 0 Å². The van der Waals surface area contributed by atoms with E-state index in [0.29, 0.717) is 5.92 Å². The Morgan fingerprint density at radius 3 is 3.05 bits per heavy atom. The fourth-order valence-corrected chi connectivity index (χ4v) is 2.49. The Morgan fingerprint density at radius 2 is 2.24 bits per heavy atom. The van der Waals surface area contributed by atoms with Crippen LogP contribution in [0.4, 0.5) is 0 Å². The second-order valence-corrected chi connectivity index (χ2v) is 5.10. The molecule has 5 nitrogen and oxygen atoms in total. The molecule has 0 radical (unpaired) electrons. The molecule has 2 rings (SSSR count). The number of para-hydroxylation sites is 1. The minimum atomic E-state index is 0.465. The Balaban J connectivity index is 1.82. The summed E-state index contributed by atoms with van der Waals surface area (Å²) >= 11 is 0. The average molecular weight is 291 g/mol. The lowest BCUT2D eigenvalue weighted by Gasteiger charge is -2.26. The molecule has 1 heterocycles. The molecule has 0 amide bonds. The van der Waals surface area contributed by atoms with Crippen LogP contribution >= 0.6 is 0 Å². The van der Waals surface area contributed by atoms with E-state index in [2.05, 4.69) is 27.8 Å². The van der Waals surface area contributed by atoms with E-state index in [9.17, 15) is 0 Å². The molecule has 1 atom stereocenters. The SMILES string of the molecule is CN=C(NCCCOC)NCC1CCOc2ccccc21. The molecule has 0 saturated heterocycles. The Bertz CT molecular complexity index is 463. The highest BCUT2D eigenvalue weighted by molar-refractivity contribution is 5.79. The van der Waals surface area contributed by atoms with Crippen molar-refractivity contribution < 1.29 is 9.47 Å². The van der Waals surface area contributed by atoms with E-state index in [1.807, 2.05) is 12.1 Å². The number of hydrogen-bond donors (Lipinski definition) is 2. The maximum Gasteiger partial charge on any atom is 0.190 e. The molecule has 21 heavy (non-hydrogen) atoms. The number of methoxy groups -OCH3 is 1. The van der Waals surface area contributed by atoms with Crippen molar-refractivity contribution in [1.82, 2.24) is 10.6 Å². The van der Waals surface area contributed by atoms with Gasteiger partial charge >= 0.3 is 0 Å². The van der Waals surface area contributed by atoms with Crippen LogP contribution in [0.1, 0.15) is 24.3 Å². The standard InChI is InChI=1S/C16H25N3O2/c1-17-16(18-9-5-10-20-2)19-12-13-8-11-21-15-7-4-3-6-14(13)15/h3-4,6-7,13H,5,8-12H2,1-2H3,(H2,17,18,19). The van der Waals surface area contributed by atoms with Crippen molar-refractivity contribution in [3.63, 3.8) is 0 Å². The molecule has 0 spiro atoms. The average Bonchev–Trinajstić information content (AvgIpc) is 2.54. The predicted molar refractivity (Wildman–Crippen MR) is 85.2 cm³/mol. The van der Waals surface area contributed by atoms with Crippen LogP contribution in [0.2, 0.25) is 0 Å². The van der Waals surface area contributed by atoms with E-state index in [1.165, 1.54) is 5.56 Å². The predicted octanol–water partition coefficient (Wildman–Crippen LogP) is 1.75. The normalized spacial score (nSPS) is 17.8. The molecule has 1 aromatic carbocycles. The molecule has 0 fully saturated rings. The van der Waals surface area contributed by atoms with Crippen molar-refractivity contribution in [2.45, 2.75) is 18.8 Å². The lowest BCUT2D eigenvalue weighted by molar-refractivity contribution is 0.195. The number of nitrogens with one attached hydrogen (secondary N) is 2. The summed E-state index contributed by atoms with van der Waals surface area (Å²) in [7, 11) is 3.51. The van der Waals surface area contributed by atoms with E-state index in [-0.39, 0.29) is 0 Å². The number of benzene rings is 1. The zero-order valence-electron chi connectivity index (χ0n) is 12.9. The Morgan fingerprint density at radius 1 is 1.38 bits per heavy atom. The van der Waals surface area contributed by atoms with E-state index in [1.54, 1.807) is 14.2 Å². The van der Waals surface area contributed by atoms with Crippen molar-refractivity contribution in [2.75, 3.05) is 40.5 Å². The summed E-state index contributed by atoms with van der Waals surface area (Å²) in [5, 5.41) is 6.69. The molecular weight excluding hydrogens is 266 g/mol. The lowest BCUT2D eigenvalue weighted by atomic mass is 9.93. The zero-order valence-corrected chi connectivity index (χ0v) is 12.9. The largest absolute Gasteiger partial charge is 0.493 e. The van der Waals surface area contributed by atoms with Crippen LogP contribution in [-0.4, -0.2) is 46.4 Å². The fraction of sp³-hybridized carbons (Fsp3) is 0.562. The lowest BCUT2D eigenvalue weighted by Crippen LogP contribution is -2.40. The molecule has 1 aliphatic heterocycles. The Labute approximate surface area is 126 Å². The zero-order chi connectivity index (χ0) is 14.9. The third kappa shape index (κ3) is 4.63. The number of guanidine groups is 1. The van der Waals surface area contributed by atoms with Gasteiger partial charge in [-0.3, -0.25) is 4.99 Å². The van der Waals surface area contributed by atoms with Gasteiger partial charge in [0.05, 0.1) is 6.61 Å². The van der Waals surface area contributed by atoms with Gasteiger partial charge in [0.15, 0.2) is 5.96 Å². The second kappa shape index (κ2) is 8.52. The van der Waals surface area contributed by atoms with Crippen molar-refractivity contribution in [2.24, 2.45) is 4.99 Å². The van der Waals surface area contributed by atoms with E-state index in [0.717, 1.165) is 50.9 Å². The number of aliphatic imine (C=N–C) groups is 1. The van der Waals surface area contributed by atoms with Gasteiger partial charge in [-0.05, 0) is 24.5 Å². The fourth-order valence-electron chi connectivity index (χ4n) is 2.49. The summed E-state index contributed by atoms with van der Waals surface area (Å²) in [5.41, 5.74) is 1.28. The van der Waals surface area contributed by atoms with Gasteiger partial charge in [-0.15, -0.1) is 0 Å². The number of rotatable bonds is 6. The van der Waals surface area contributed by atoms with Gasteiger partial charge in [0, 0.05) is 39.8 Å².